The Morgan fingerprint density at radius 2 is 2.25 bits per heavy atom. The van der Waals surface area contributed by atoms with Crippen LogP contribution in [-0.4, -0.2) is 21.3 Å². The van der Waals surface area contributed by atoms with E-state index >= 15 is 0 Å². The van der Waals surface area contributed by atoms with Crippen molar-refractivity contribution in [2.45, 2.75) is 26.8 Å². The van der Waals surface area contributed by atoms with Gasteiger partial charge in [-0.25, -0.2) is 4.98 Å². The molecule has 0 aliphatic carbocycles. The quantitative estimate of drug-likeness (QED) is 0.868. The van der Waals surface area contributed by atoms with E-state index in [0.29, 0.717) is 0 Å². The molecule has 86 valence electrons. The third-order valence-electron chi connectivity index (χ3n) is 2.20. The summed E-state index contributed by atoms with van der Waals surface area (Å²) in [6.07, 6.45) is 6.98. The molecule has 2 aromatic heterocycles. The van der Waals surface area contributed by atoms with Crippen LogP contribution < -0.4 is 5.32 Å². The van der Waals surface area contributed by atoms with Gasteiger partial charge in [0, 0.05) is 31.0 Å². The molecule has 0 amide bonds. The Morgan fingerprint density at radius 1 is 1.38 bits per heavy atom. The number of hydrogen-bond donors (Lipinski definition) is 1. The van der Waals surface area contributed by atoms with E-state index in [1.54, 1.807) is 11.3 Å². The number of nitrogens with one attached hydrogen (secondary N) is 1. The summed E-state index contributed by atoms with van der Waals surface area (Å²) in [5, 5.41) is 8.50. The molecule has 2 rings (SSSR count). The monoisotopic (exact) mass is 236 g/mol. The molecule has 0 saturated carbocycles. The maximum atomic E-state index is 4.31. The van der Waals surface area contributed by atoms with Gasteiger partial charge in [-0.3, -0.25) is 4.68 Å². The van der Waals surface area contributed by atoms with Gasteiger partial charge in [-0.2, -0.15) is 5.10 Å². The number of rotatable bonds is 5. The molecule has 4 nitrogen and oxygen atoms in total. The second-order valence-electron chi connectivity index (χ2n) is 3.55. The molecule has 16 heavy (non-hydrogen) atoms. The molecule has 0 aliphatic heterocycles. The number of thiazole rings is 1. The Labute approximate surface area is 99.3 Å². The Balaban J connectivity index is 2.14. The standard InChI is InChI=1S/C11H16N4S/c1-3-5-15-8-9(6-14-15)10-7-13-11(16-10)12-4-2/h6-8H,3-5H2,1-2H3,(H,12,13). The highest BCUT2D eigenvalue weighted by molar-refractivity contribution is 7.18. The largest absolute Gasteiger partial charge is 0.362 e. The van der Waals surface area contributed by atoms with Gasteiger partial charge in [0.05, 0.1) is 11.1 Å². The highest BCUT2D eigenvalue weighted by Gasteiger charge is 2.05. The second-order valence-corrected chi connectivity index (χ2v) is 4.58. The highest BCUT2D eigenvalue weighted by atomic mass is 32.1. The summed E-state index contributed by atoms with van der Waals surface area (Å²) in [6.45, 7) is 6.10. The van der Waals surface area contributed by atoms with E-state index < -0.39 is 0 Å². The van der Waals surface area contributed by atoms with Crippen molar-refractivity contribution in [3.05, 3.63) is 18.6 Å². The molecular formula is C11H16N4S. The van der Waals surface area contributed by atoms with E-state index in [-0.39, 0.29) is 0 Å². The van der Waals surface area contributed by atoms with E-state index in [4.69, 9.17) is 0 Å². The third kappa shape index (κ3) is 2.41. The number of nitrogens with zero attached hydrogens (tertiary/aromatic N) is 3. The van der Waals surface area contributed by atoms with E-state index in [9.17, 15) is 0 Å². The molecule has 0 aliphatic rings. The van der Waals surface area contributed by atoms with Gasteiger partial charge in [0.15, 0.2) is 5.13 Å². The summed E-state index contributed by atoms with van der Waals surface area (Å²) in [4.78, 5) is 5.47. The zero-order chi connectivity index (χ0) is 11.4. The maximum absolute atomic E-state index is 4.31. The van der Waals surface area contributed by atoms with Gasteiger partial charge in [-0.05, 0) is 13.3 Å². The van der Waals surface area contributed by atoms with Crippen molar-refractivity contribution in [2.24, 2.45) is 0 Å². The minimum atomic E-state index is 0.905. The average Bonchev–Trinajstić information content (AvgIpc) is 2.87. The molecule has 0 bridgehead atoms. The van der Waals surface area contributed by atoms with Crippen LogP contribution in [0.1, 0.15) is 20.3 Å². The van der Waals surface area contributed by atoms with E-state index in [1.807, 2.05) is 17.1 Å². The van der Waals surface area contributed by atoms with Crippen molar-refractivity contribution in [3.8, 4) is 10.4 Å². The van der Waals surface area contributed by atoms with Crippen LogP contribution in [0.15, 0.2) is 18.6 Å². The van der Waals surface area contributed by atoms with Crippen LogP contribution in [0, 0.1) is 0 Å². The Hall–Kier alpha value is -1.36. The van der Waals surface area contributed by atoms with Gasteiger partial charge in [0.25, 0.3) is 0 Å². The molecule has 1 N–H and O–H groups in total. The fraction of sp³-hybridized carbons (Fsp3) is 0.455. The first kappa shape index (κ1) is 11.1. The summed E-state index contributed by atoms with van der Waals surface area (Å²) < 4.78 is 1.97. The first-order valence-electron chi connectivity index (χ1n) is 5.56. The van der Waals surface area contributed by atoms with E-state index in [1.165, 1.54) is 4.88 Å². The minimum absolute atomic E-state index is 0.905. The Kier molecular flexibility index (Phi) is 3.56. The zero-order valence-corrected chi connectivity index (χ0v) is 10.4. The summed E-state index contributed by atoms with van der Waals surface area (Å²) in [7, 11) is 0. The smallest absolute Gasteiger partial charge is 0.183 e. The van der Waals surface area contributed by atoms with Crippen molar-refractivity contribution >= 4 is 16.5 Å². The molecule has 0 atom stereocenters. The SMILES string of the molecule is CCCn1cc(-c2cnc(NCC)s2)cn1. The summed E-state index contributed by atoms with van der Waals surface area (Å²) in [5.74, 6) is 0. The Morgan fingerprint density at radius 3 is 3.00 bits per heavy atom. The van der Waals surface area contributed by atoms with Crippen LogP contribution in [0.5, 0.6) is 0 Å². The summed E-state index contributed by atoms with van der Waals surface area (Å²) >= 11 is 1.67. The molecule has 2 heterocycles. The van der Waals surface area contributed by atoms with Gasteiger partial charge >= 0.3 is 0 Å². The molecule has 0 saturated heterocycles. The van der Waals surface area contributed by atoms with E-state index in [2.05, 4.69) is 35.4 Å². The third-order valence-corrected chi connectivity index (χ3v) is 3.21. The van der Waals surface area contributed by atoms with Crippen molar-refractivity contribution in [1.29, 1.82) is 0 Å². The van der Waals surface area contributed by atoms with Crippen LogP contribution in [0.25, 0.3) is 10.4 Å². The lowest BCUT2D eigenvalue weighted by Crippen LogP contribution is -1.95. The molecule has 0 aromatic carbocycles. The first-order valence-corrected chi connectivity index (χ1v) is 6.37. The van der Waals surface area contributed by atoms with Gasteiger partial charge in [-0.15, -0.1) is 0 Å². The maximum Gasteiger partial charge on any atom is 0.183 e. The number of aryl methyl sites for hydroxylation is 1. The molecule has 0 radical (unpaired) electrons. The van der Waals surface area contributed by atoms with Crippen LogP contribution in [0.3, 0.4) is 0 Å². The molecule has 0 spiro atoms. The normalized spacial score (nSPS) is 10.6. The van der Waals surface area contributed by atoms with Gasteiger partial charge in [0.2, 0.25) is 0 Å². The number of anilines is 1. The van der Waals surface area contributed by atoms with Crippen LogP contribution in [-0.2, 0) is 6.54 Å². The van der Waals surface area contributed by atoms with Crippen LogP contribution in [0.2, 0.25) is 0 Å². The van der Waals surface area contributed by atoms with Crippen molar-refractivity contribution in [1.82, 2.24) is 14.8 Å². The van der Waals surface area contributed by atoms with Crippen LogP contribution in [0.4, 0.5) is 5.13 Å². The lowest BCUT2D eigenvalue weighted by molar-refractivity contribution is 0.603. The lowest BCUT2D eigenvalue weighted by atomic mass is 10.3. The van der Waals surface area contributed by atoms with Crippen LogP contribution >= 0.6 is 11.3 Å². The molecule has 5 heteroatoms. The summed E-state index contributed by atoms with van der Waals surface area (Å²) in [6, 6.07) is 0. The van der Waals surface area contributed by atoms with Gasteiger partial charge in [-0.1, -0.05) is 18.3 Å². The average molecular weight is 236 g/mol. The fourth-order valence-corrected chi connectivity index (χ4v) is 2.34. The van der Waals surface area contributed by atoms with Gasteiger partial charge < -0.3 is 5.32 Å². The Bertz CT molecular complexity index is 404. The van der Waals surface area contributed by atoms with E-state index in [0.717, 1.165) is 30.2 Å². The zero-order valence-electron chi connectivity index (χ0n) is 9.60. The van der Waals surface area contributed by atoms with Crippen molar-refractivity contribution < 1.29 is 0 Å². The molecule has 2 aromatic rings. The summed E-state index contributed by atoms with van der Waals surface area (Å²) in [5.41, 5.74) is 1.15. The lowest BCUT2D eigenvalue weighted by Gasteiger charge is -1.94. The first-order chi connectivity index (χ1) is 7.83. The van der Waals surface area contributed by atoms with Gasteiger partial charge in [0.1, 0.15) is 0 Å². The van der Waals surface area contributed by atoms with Crippen molar-refractivity contribution in [2.75, 3.05) is 11.9 Å². The number of hydrogen-bond acceptors (Lipinski definition) is 4. The second kappa shape index (κ2) is 5.12. The minimum Gasteiger partial charge on any atom is -0.362 e. The topological polar surface area (TPSA) is 42.7 Å². The fourth-order valence-electron chi connectivity index (χ4n) is 1.48. The molecular weight excluding hydrogens is 220 g/mol. The predicted molar refractivity (Wildman–Crippen MR) is 67.8 cm³/mol. The van der Waals surface area contributed by atoms with Crippen molar-refractivity contribution in [3.63, 3.8) is 0 Å². The highest BCUT2D eigenvalue weighted by Crippen LogP contribution is 2.28. The molecule has 0 fully saturated rings. The number of aromatic nitrogens is 3. The molecule has 0 unspecified atom stereocenters. The predicted octanol–water partition coefficient (Wildman–Crippen LogP) is 2.85.